The van der Waals surface area contributed by atoms with Gasteiger partial charge in [0.1, 0.15) is 0 Å². The molecule has 100 valence electrons. The van der Waals surface area contributed by atoms with Crippen LogP contribution < -0.4 is 0 Å². The van der Waals surface area contributed by atoms with Gasteiger partial charge in [-0.15, -0.1) is 0 Å². The highest BCUT2D eigenvalue weighted by Crippen LogP contribution is 2.42. The van der Waals surface area contributed by atoms with Crippen LogP contribution in [0, 0.1) is 5.92 Å². The van der Waals surface area contributed by atoms with E-state index < -0.39 is 5.97 Å². The number of carbonyl (C=O) groups excluding carboxylic acids is 1. The van der Waals surface area contributed by atoms with Gasteiger partial charge in [0.15, 0.2) is 0 Å². The predicted molar refractivity (Wildman–Crippen MR) is 67.3 cm³/mol. The third-order valence-corrected chi connectivity index (χ3v) is 4.22. The van der Waals surface area contributed by atoms with E-state index in [9.17, 15) is 14.7 Å². The Hall–Kier alpha value is -1.91. The van der Waals surface area contributed by atoms with Crippen molar-refractivity contribution in [3.05, 3.63) is 30.1 Å². The normalized spacial score (nSPS) is 28.6. The minimum absolute atomic E-state index is 0.0317. The van der Waals surface area contributed by atoms with Gasteiger partial charge in [-0.25, -0.2) is 0 Å². The van der Waals surface area contributed by atoms with E-state index >= 15 is 0 Å². The Labute approximate surface area is 111 Å². The monoisotopic (exact) mass is 260 g/mol. The van der Waals surface area contributed by atoms with Crippen LogP contribution in [0.4, 0.5) is 0 Å². The van der Waals surface area contributed by atoms with Crippen LogP contribution in [-0.2, 0) is 16.0 Å². The van der Waals surface area contributed by atoms with Crippen LogP contribution in [0.2, 0.25) is 0 Å². The van der Waals surface area contributed by atoms with Gasteiger partial charge in [0.2, 0.25) is 5.91 Å². The molecule has 2 aliphatic heterocycles. The smallest absolute Gasteiger partial charge is 0.308 e. The van der Waals surface area contributed by atoms with E-state index in [1.807, 2.05) is 11.0 Å². The lowest BCUT2D eigenvalue weighted by Gasteiger charge is -2.23. The highest BCUT2D eigenvalue weighted by molar-refractivity contribution is 5.82. The van der Waals surface area contributed by atoms with Gasteiger partial charge in [-0.2, -0.15) is 0 Å². The second-order valence-corrected chi connectivity index (χ2v) is 5.32. The molecule has 0 spiro atoms. The number of fused-ring (bicyclic) bond motifs is 2. The highest BCUT2D eigenvalue weighted by Gasteiger charge is 2.50. The van der Waals surface area contributed by atoms with Gasteiger partial charge in [-0.05, 0) is 30.9 Å². The molecule has 3 rings (SSSR count). The van der Waals surface area contributed by atoms with E-state index in [1.54, 1.807) is 18.5 Å². The van der Waals surface area contributed by atoms with Crippen LogP contribution in [-0.4, -0.2) is 39.0 Å². The first-order valence-electron chi connectivity index (χ1n) is 6.59. The average molecular weight is 260 g/mol. The van der Waals surface area contributed by atoms with E-state index in [4.69, 9.17) is 0 Å². The van der Waals surface area contributed by atoms with Gasteiger partial charge in [0.25, 0.3) is 0 Å². The standard InChI is InChI=1S/C14H16N2O3/c17-13(6-9-2-1-5-15-8-9)16-10-3-4-12(16)11(7-10)14(18)19/h1-2,5,8,10-12H,3-4,6-7H2,(H,18,19). The summed E-state index contributed by atoms with van der Waals surface area (Å²) in [5, 5.41) is 9.18. The molecule has 0 saturated carbocycles. The van der Waals surface area contributed by atoms with Crippen molar-refractivity contribution in [2.75, 3.05) is 0 Å². The van der Waals surface area contributed by atoms with Crippen molar-refractivity contribution in [3.8, 4) is 0 Å². The van der Waals surface area contributed by atoms with Crippen molar-refractivity contribution in [2.45, 2.75) is 37.8 Å². The molecule has 2 aliphatic rings. The van der Waals surface area contributed by atoms with E-state index in [-0.39, 0.29) is 23.9 Å². The first-order chi connectivity index (χ1) is 9.16. The fraction of sp³-hybridized carbons (Fsp3) is 0.500. The molecule has 1 amide bonds. The van der Waals surface area contributed by atoms with Crippen molar-refractivity contribution in [1.82, 2.24) is 9.88 Å². The molecule has 5 nitrogen and oxygen atoms in total. The summed E-state index contributed by atoms with van der Waals surface area (Å²) >= 11 is 0. The fourth-order valence-corrected chi connectivity index (χ4v) is 3.41. The molecule has 2 saturated heterocycles. The number of aliphatic carboxylic acids is 1. The zero-order chi connectivity index (χ0) is 13.4. The minimum atomic E-state index is -0.772. The number of amides is 1. The quantitative estimate of drug-likeness (QED) is 0.883. The SMILES string of the molecule is O=C(O)C1CC2CCC1N2C(=O)Cc1cccnc1. The van der Waals surface area contributed by atoms with Crippen LogP contribution in [0.1, 0.15) is 24.8 Å². The number of rotatable bonds is 3. The molecule has 1 N–H and O–H groups in total. The number of carboxylic acid groups (broad SMARTS) is 1. The van der Waals surface area contributed by atoms with E-state index in [2.05, 4.69) is 4.98 Å². The Balaban J connectivity index is 1.73. The second kappa shape index (κ2) is 4.64. The van der Waals surface area contributed by atoms with Crippen molar-refractivity contribution in [1.29, 1.82) is 0 Å². The molecule has 1 aromatic rings. The molecule has 2 fully saturated rings. The lowest BCUT2D eigenvalue weighted by atomic mass is 9.89. The third kappa shape index (κ3) is 2.09. The van der Waals surface area contributed by atoms with E-state index in [1.165, 1.54) is 0 Å². The van der Waals surface area contributed by atoms with Crippen molar-refractivity contribution in [3.63, 3.8) is 0 Å². The molecular formula is C14H16N2O3. The third-order valence-electron chi connectivity index (χ3n) is 4.22. The maximum Gasteiger partial charge on any atom is 0.308 e. The summed E-state index contributed by atoms with van der Waals surface area (Å²) in [6, 6.07) is 3.70. The first-order valence-corrected chi connectivity index (χ1v) is 6.59. The van der Waals surface area contributed by atoms with Crippen molar-refractivity contribution >= 4 is 11.9 Å². The largest absolute Gasteiger partial charge is 0.481 e. The van der Waals surface area contributed by atoms with Gasteiger partial charge in [-0.1, -0.05) is 6.07 Å². The van der Waals surface area contributed by atoms with E-state index in [0.717, 1.165) is 18.4 Å². The average Bonchev–Trinajstić information content (AvgIpc) is 2.97. The lowest BCUT2D eigenvalue weighted by molar-refractivity contribution is -0.143. The molecule has 3 heterocycles. The first kappa shape index (κ1) is 12.1. The van der Waals surface area contributed by atoms with Gasteiger partial charge >= 0.3 is 5.97 Å². The lowest BCUT2D eigenvalue weighted by Crippen LogP contribution is -2.38. The number of pyridine rings is 1. The summed E-state index contributed by atoms with van der Waals surface area (Å²) in [7, 11) is 0. The molecule has 0 aliphatic carbocycles. The summed E-state index contributed by atoms with van der Waals surface area (Å²) in [5.41, 5.74) is 0.880. The minimum Gasteiger partial charge on any atom is -0.481 e. The van der Waals surface area contributed by atoms with Gasteiger partial charge < -0.3 is 10.0 Å². The Morgan fingerprint density at radius 2 is 2.26 bits per heavy atom. The molecule has 1 aromatic heterocycles. The predicted octanol–water partition coefficient (Wildman–Crippen LogP) is 1.09. The molecule has 2 bridgehead atoms. The Kier molecular flexibility index (Phi) is 2.97. The fourth-order valence-electron chi connectivity index (χ4n) is 3.41. The molecule has 3 atom stereocenters. The van der Waals surface area contributed by atoms with Gasteiger partial charge in [-0.3, -0.25) is 14.6 Å². The summed E-state index contributed by atoms with van der Waals surface area (Å²) in [6.07, 6.45) is 6.04. The number of hydrogen-bond donors (Lipinski definition) is 1. The van der Waals surface area contributed by atoms with Crippen LogP contribution in [0.3, 0.4) is 0 Å². The molecule has 5 heteroatoms. The zero-order valence-electron chi connectivity index (χ0n) is 10.5. The highest BCUT2D eigenvalue weighted by atomic mass is 16.4. The number of carboxylic acids is 1. The molecule has 0 radical (unpaired) electrons. The molecule has 19 heavy (non-hydrogen) atoms. The molecule has 3 unspecified atom stereocenters. The van der Waals surface area contributed by atoms with Crippen molar-refractivity contribution in [2.24, 2.45) is 5.92 Å². The summed E-state index contributed by atoms with van der Waals surface area (Å²) in [4.78, 5) is 29.3. The van der Waals surface area contributed by atoms with Crippen LogP contribution in [0.25, 0.3) is 0 Å². The summed E-state index contributed by atoms with van der Waals surface area (Å²) in [5.74, 6) is -1.12. The molecular weight excluding hydrogens is 244 g/mol. The number of aromatic nitrogens is 1. The van der Waals surface area contributed by atoms with Gasteiger partial charge in [0.05, 0.1) is 12.3 Å². The number of carbonyl (C=O) groups is 2. The van der Waals surface area contributed by atoms with Crippen LogP contribution in [0.15, 0.2) is 24.5 Å². The maximum atomic E-state index is 12.3. The van der Waals surface area contributed by atoms with E-state index in [0.29, 0.717) is 12.8 Å². The number of hydrogen-bond acceptors (Lipinski definition) is 3. The van der Waals surface area contributed by atoms with Gasteiger partial charge in [0, 0.05) is 24.5 Å². The summed E-state index contributed by atoms with van der Waals surface area (Å²) < 4.78 is 0. The molecule has 0 aromatic carbocycles. The van der Waals surface area contributed by atoms with Crippen LogP contribution >= 0.6 is 0 Å². The number of nitrogens with zero attached hydrogens (tertiary/aromatic N) is 2. The maximum absolute atomic E-state index is 12.3. The zero-order valence-corrected chi connectivity index (χ0v) is 10.5. The van der Waals surface area contributed by atoms with Crippen LogP contribution in [0.5, 0.6) is 0 Å². The Morgan fingerprint density at radius 1 is 1.42 bits per heavy atom. The Morgan fingerprint density at radius 3 is 2.89 bits per heavy atom. The Bertz CT molecular complexity index is 503. The second-order valence-electron chi connectivity index (χ2n) is 5.32. The van der Waals surface area contributed by atoms with Crippen molar-refractivity contribution < 1.29 is 14.7 Å². The summed E-state index contributed by atoms with van der Waals surface area (Å²) in [6.45, 7) is 0. The topological polar surface area (TPSA) is 70.5 Å².